The first-order valence-corrected chi connectivity index (χ1v) is 11.1. The molecule has 28 heavy (non-hydrogen) atoms. The number of nitrogens with zero attached hydrogens (tertiary/aromatic N) is 1. The van der Waals surface area contributed by atoms with E-state index in [4.69, 9.17) is 21.7 Å². The van der Waals surface area contributed by atoms with Gasteiger partial charge in [0.1, 0.15) is 4.32 Å². The summed E-state index contributed by atoms with van der Waals surface area (Å²) in [5.41, 5.74) is 1.93. The van der Waals surface area contributed by atoms with Crippen LogP contribution in [0.2, 0.25) is 0 Å². The zero-order valence-electron chi connectivity index (χ0n) is 15.6. The van der Waals surface area contributed by atoms with Crippen LogP contribution in [-0.4, -0.2) is 28.8 Å². The zero-order chi connectivity index (χ0) is 20.1. The predicted molar refractivity (Wildman–Crippen MR) is 127 cm³/mol. The summed E-state index contributed by atoms with van der Waals surface area (Å²) in [7, 11) is 1.62. The van der Waals surface area contributed by atoms with Gasteiger partial charge in [-0.15, -0.1) is 0 Å². The Morgan fingerprint density at radius 1 is 1.25 bits per heavy atom. The molecule has 0 N–H and O–H groups in total. The highest BCUT2D eigenvalue weighted by Gasteiger charge is 2.32. The van der Waals surface area contributed by atoms with Crippen molar-refractivity contribution in [2.45, 2.75) is 19.9 Å². The second-order valence-corrected chi connectivity index (χ2v) is 8.97. The lowest BCUT2D eigenvalue weighted by molar-refractivity contribution is -0.122. The molecule has 0 bridgehead atoms. The fraction of sp³-hybridized carbons (Fsp3) is 0.238. The number of hydrogen-bond donors (Lipinski definition) is 0. The highest BCUT2D eigenvalue weighted by atomic mass is 127. The van der Waals surface area contributed by atoms with Crippen LogP contribution in [0.1, 0.15) is 24.5 Å². The molecule has 0 unspecified atom stereocenters. The molecule has 1 heterocycles. The molecule has 1 aliphatic rings. The van der Waals surface area contributed by atoms with Gasteiger partial charge in [0, 0.05) is 0 Å². The lowest BCUT2D eigenvalue weighted by atomic mass is 10.1. The van der Waals surface area contributed by atoms with Crippen molar-refractivity contribution in [1.29, 1.82) is 0 Å². The van der Waals surface area contributed by atoms with E-state index < -0.39 is 0 Å². The van der Waals surface area contributed by atoms with Crippen molar-refractivity contribution in [3.8, 4) is 11.5 Å². The van der Waals surface area contributed by atoms with Crippen molar-refractivity contribution in [1.82, 2.24) is 4.90 Å². The number of ether oxygens (including phenoxy) is 2. The second kappa shape index (κ2) is 9.76. The summed E-state index contributed by atoms with van der Waals surface area (Å²) in [6.07, 6.45) is 2.78. The number of amides is 1. The molecule has 1 aliphatic heterocycles. The fourth-order valence-electron chi connectivity index (χ4n) is 2.72. The van der Waals surface area contributed by atoms with Gasteiger partial charge in [0.2, 0.25) is 0 Å². The van der Waals surface area contributed by atoms with Crippen LogP contribution >= 0.6 is 46.6 Å². The van der Waals surface area contributed by atoms with Gasteiger partial charge in [-0.3, -0.25) is 9.69 Å². The number of carbonyl (C=O) groups excluding carboxylic acids is 1. The van der Waals surface area contributed by atoms with Crippen molar-refractivity contribution in [3.05, 3.63) is 62.1 Å². The maximum absolute atomic E-state index is 12.9. The van der Waals surface area contributed by atoms with E-state index in [0.29, 0.717) is 28.1 Å². The molecule has 2 aromatic carbocycles. The summed E-state index contributed by atoms with van der Waals surface area (Å²) in [5.74, 6) is 1.32. The van der Waals surface area contributed by atoms with Crippen molar-refractivity contribution in [2.24, 2.45) is 0 Å². The molecular weight excluding hydrogens is 505 g/mol. The van der Waals surface area contributed by atoms with Gasteiger partial charge < -0.3 is 9.47 Å². The van der Waals surface area contributed by atoms with E-state index in [-0.39, 0.29) is 5.91 Å². The number of thioether (sulfide) groups is 1. The van der Waals surface area contributed by atoms with Crippen LogP contribution in [-0.2, 0) is 11.3 Å². The molecule has 0 radical (unpaired) electrons. The van der Waals surface area contributed by atoms with Crippen LogP contribution in [0.5, 0.6) is 11.5 Å². The third kappa shape index (κ3) is 4.87. The Hall–Kier alpha value is -1.58. The first kappa shape index (κ1) is 21.1. The third-order valence-corrected chi connectivity index (χ3v) is 6.24. The number of benzene rings is 2. The smallest absolute Gasteiger partial charge is 0.266 e. The minimum Gasteiger partial charge on any atom is -0.493 e. The van der Waals surface area contributed by atoms with Crippen molar-refractivity contribution >= 4 is 62.9 Å². The number of hydrogen-bond acceptors (Lipinski definition) is 5. The highest BCUT2D eigenvalue weighted by Crippen LogP contribution is 2.37. The molecule has 7 heteroatoms. The van der Waals surface area contributed by atoms with Crippen molar-refractivity contribution in [2.75, 3.05) is 13.7 Å². The third-order valence-electron chi connectivity index (χ3n) is 4.06. The topological polar surface area (TPSA) is 38.8 Å². The normalized spacial score (nSPS) is 15.4. The molecule has 2 aromatic rings. The van der Waals surface area contributed by atoms with Gasteiger partial charge in [-0.05, 0) is 58.3 Å². The number of methoxy groups -OCH3 is 1. The Labute approximate surface area is 188 Å². The summed E-state index contributed by atoms with van der Waals surface area (Å²) in [5, 5.41) is 0. The van der Waals surface area contributed by atoms with E-state index in [2.05, 4.69) is 29.5 Å². The Morgan fingerprint density at radius 3 is 2.68 bits per heavy atom. The predicted octanol–water partition coefficient (Wildman–Crippen LogP) is 5.49. The minimum absolute atomic E-state index is 0.0702. The van der Waals surface area contributed by atoms with Gasteiger partial charge in [0.25, 0.3) is 5.91 Å². The van der Waals surface area contributed by atoms with Crippen LogP contribution in [0.25, 0.3) is 6.08 Å². The maximum Gasteiger partial charge on any atom is 0.266 e. The van der Waals surface area contributed by atoms with E-state index in [1.165, 1.54) is 11.8 Å². The Morgan fingerprint density at radius 2 is 2.00 bits per heavy atom. The van der Waals surface area contributed by atoms with Crippen LogP contribution in [0.15, 0.2) is 47.4 Å². The fourth-order valence-corrected chi connectivity index (χ4v) is 4.76. The van der Waals surface area contributed by atoms with E-state index in [0.717, 1.165) is 26.9 Å². The molecule has 3 rings (SSSR count). The summed E-state index contributed by atoms with van der Waals surface area (Å²) in [6.45, 7) is 3.17. The molecule has 0 aromatic heterocycles. The molecule has 1 saturated heterocycles. The summed E-state index contributed by atoms with van der Waals surface area (Å²) < 4.78 is 12.8. The van der Waals surface area contributed by atoms with Crippen LogP contribution < -0.4 is 9.47 Å². The molecule has 146 valence electrons. The second-order valence-electron chi connectivity index (χ2n) is 6.14. The van der Waals surface area contributed by atoms with E-state index in [1.54, 1.807) is 12.0 Å². The van der Waals surface area contributed by atoms with Gasteiger partial charge in [0.15, 0.2) is 11.5 Å². The average Bonchev–Trinajstić information content (AvgIpc) is 2.95. The quantitative estimate of drug-likeness (QED) is 0.272. The van der Waals surface area contributed by atoms with E-state index in [1.807, 2.05) is 48.5 Å². The van der Waals surface area contributed by atoms with Crippen LogP contribution in [0, 0.1) is 3.57 Å². The summed E-state index contributed by atoms with van der Waals surface area (Å²) in [4.78, 5) is 15.1. The number of carbonyl (C=O) groups is 1. The van der Waals surface area contributed by atoms with Crippen molar-refractivity contribution in [3.63, 3.8) is 0 Å². The number of thiocarbonyl (C=S) groups is 1. The Kier molecular flexibility index (Phi) is 7.36. The number of halogens is 1. The van der Waals surface area contributed by atoms with Crippen LogP contribution in [0.4, 0.5) is 0 Å². The van der Waals surface area contributed by atoms with Gasteiger partial charge in [-0.25, -0.2) is 0 Å². The van der Waals surface area contributed by atoms with Crippen LogP contribution in [0.3, 0.4) is 0 Å². The molecular formula is C21H20INO3S2. The van der Waals surface area contributed by atoms with Gasteiger partial charge >= 0.3 is 0 Å². The molecule has 0 atom stereocenters. The Bertz CT molecular complexity index is 915. The molecule has 1 amide bonds. The summed E-state index contributed by atoms with van der Waals surface area (Å²) in [6, 6.07) is 13.7. The number of rotatable bonds is 7. The molecule has 0 saturated carbocycles. The van der Waals surface area contributed by atoms with Crippen molar-refractivity contribution < 1.29 is 14.3 Å². The highest BCUT2D eigenvalue weighted by molar-refractivity contribution is 14.1. The van der Waals surface area contributed by atoms with E-state index in [9.17, 15) is 4.79 Å². The largest absolute Gasteiger partial charge is 0.493 e. The van der Waals surface area contributed by atoms with E-state index >= 15 is 0 Å². The Balaban J connectivity index is 1.84. The summed E-state index contributed by atoms with van der Waals surface area (Å²) >= 11 is 8.99. The molecule has 4 nitrogen and oxygen atoms in total. The molecule has 1 fully saturated rings. The zero-order valence-corrected chi connectivity index (χ0v) is 19.4. The molecule has 0 aliphatic carbocycles. The van der Waals surface area contributed by atoms with Gasteiger partial charge in [0.05, 0.1) is 28.7 Å². The standard InChI is InChI=1S/C21H20INO3S2/c1-3-9-26-19-16(22)10-15(11-17(19)25-2)12-18-20(24)23(21(27)28-18)13-14-7-5-4-6-8-14/h4-8,10-12H,3,9,13H2,1-2H3/b18-12+. The SMILES string of the molecule is CCCOc1c(I)cc(/C=C2/SC(=S)N(Cc3ccccc3)C2=O)cc1OC. The first-order valence-electron chi connectivity index (χ1n) is 8.83. The van der Waals surface area contributed by atoms with Gasteiger partial charge in [-0.1, -0.05) is 61.2 Å². The minimum atomic E-state index is -0.0702. The lowest BCUT2D eigenvalue weighted by Crippen LogP contribution is -2.27. The maximum atomic E-state index is 12.9. The first-order chi connectivity index (χ1) is 13.5. The monoisotopic (exact) mass is 525 g/mol. The van der Waals surface area contributed by atoms with Gasteiger partial charge in [-0.2, -0.15) is 0 Å². The molecule has 0 spiro atoms. The lowest BCUT2D eigenvalue weighted by Gasteiger charge is -2.14. The average molecular weight is 525 g/mol.